The van der Waals surface area contributed by atoms with E-state index in [0.717, 1.165) is 19.3 Å². The Labute approximate surface area is 122 Å². The summed E-state index contributed by atoms with van der Waals surface area (Å²) in [5, 5.41) is 10.7. The van der Waals surface area contributed by atoms with Crippen LogP contribution in [0.1, 0.15) is 31.4 Å². The highest BCUT2D eigenvalue weighted by Crippen LogP contribution is 2.38. The van der Waals surface area contributed by atoms with Crippen LogP contribution >= 0.6 is 0 Å². The number of carbonyl (C=O) groups excluding carboxylic acids is 2. The summed E-state index contributed by atoms with van der Waals surface area (Å²) in [5.41, 5.74) is 5.60. The quantitative estimate of drug-likeness (QED) is 0.747. The first-order valence-electron chi connectivity index (χ1n) is 7.26. The SMILES string of the molecule is Cn1cc(CN2C(=O)NC3(CCCCC3CN)C2=O)nn1. The lowest BCUT2D eigenvalue weighted by molar-refractivity contribution is -0.134. The third kappa shape index (κ3) is 2.19. The van der Waals surface area contributed by atoms with Gasteiger partial charge in [-0.2, -0.15) is 0 Å². The predicted octanol–water partition coefficient (Wildman–Crippen LogP) is -0.245. The maximum absolute atomic E-state index is 12.8. The Hall–Kier alpha value is -1.96. The summed E-state index contributed by atoms with van der Waals surface area (Å²) in [6, 6.07) is -0.356. The highest BCUT2D eigenvalue weighted by atomic mass is 16.2. The van der Waals surface area contributed by atoms with E-state index < -0.39 is 5.54 Å². The fourth-order valence-electron chi connectivity index (χ4n) is 3.43. The minimum atomic E-state index is -0.813. The number of amides is 3. The fraction of sp³-hybridized carbons (Fsp3) is 0.692. The monoisotopic (exact) mass is 292 g/mol. The van der Waals surface area contributed by atoms with Gasteiger partial charge in [-0.05, 0) is 19.4 Å². The second kappa shape index (κ2) is 5.10. The van der Waals surface area contributed by atoms with Crippen molar-refractivity contribution in [3.05, 3.63) is 11.9 Å². The van der Waals surface area contributed by atoms with E-state index in [1.165, 1.54) is 4.90 Å². The molecule has 3 N–H and O–H groups in total. The molecule has 8 nitrogen and oxygen atoms in total. The molecule has 1 saturated carbocycles. The summed E-state index contributed by atoms with van der Waals surface area (Å²) in [7, 11) is 1.75. The van der Waals surface area contributed by atoms with Gasteiger partial charge in [0.05, 0.1) is 6.54 Å². The zero-order chi connectivity index (χ0) is 15.0. The number of hydrogen-bond acceptors (Lipinski definition) is 5. The van der Waals surface area contributed by atoms with Crippen molar-refractivity contribution in [1.82, 2.24) is 25.2 Å². The summed E-state index contributed by atoms with van der Waals surface area (Å²) >= 11 is 0. The fourth-order valence-corrected chi connectivity index (χ4v) is 3.43. The molecule has 2 atom stereocenters. The number of urea groups is 1. The molecular weight excluding hydrogens is 272 g/mol. The van der Waals surface area contributed by atoms with Gasteiger partial charge in [0, 0.05) is 19.2 Å². The first kappa shape index (κ1) is 14.0. The largest absolute Gasteiger partial charge is 0.330 e. The van der Waals surface area contributed by atoms with E-state index in [-0.39, 0.29) is 24.4 Å². The van der Waals surface area contributed by atoms with Crippen molar-refractivity contribution in [3.63, 3.8) is 0 Å². The summed E-state index contributed by atoms with van der Waals surface area (Å²) in [5.74, 6) is -0.164. The van der Waals surface area contributed by atoms with Crippen LogP contribution in [0.5, 0.6) is 0 Å². The molecule has 8 heteroatoms. The van der Waals surface area contributed by atoms with Crippen molar-refractivity contribution in [2.75, 3.05) is 6.54 Å². The first-order valence-corrected chi connectivity index (χ1v) is 7.26. The first-order chi connectivity index (χ1) is 10.1. The summed E-state index contributed by atoms with van der Waals surface area (Å²) in [4.78, 5) is 26.3. The Kier molecular flexibility index (Phi) is 3.40. The minimum absolute atomic E-state index is 0.00885. The number of hydrogen-bond donors (Lipinski definition) is 2. The third-order valence-electron chi connectivity index (χ3n) is 4.53. The van der Waals surface area contributed by atoms with E-state index in [1.807, 2.05) is 0 Å². The van der Waals surface area contributed by atoms with Crippen LogP contribution in [-0.4, -0.2) is 43.9 Å². The second-order valence-corrected chi connectivity index (χ2v) is 5.85. The molecule has 2 heterocycles. The molecule has 1 spiro atoms. The van der Waals surface area contributed by atoms with Gasteiger partial charge in [-0.25, -0.2) is 4.79 Å². The Morgan fingerprint density at radius 2 is 2.29 bits per heavy atom. The number of aromatic nitrogens is 3. The standard InChI is InChI=1S/C13H20N6O2/c1-18-7-10(16-17-18)8-19-11(20)13(15-12(19)21)5-3-2-4-9(13)6-14/h7,9H,2-6,8,14H2,1H3,(H,15,21). The van der Waals surface area contributed by atoms with Gasteiger partial charge in [0.25, 0.3) is 5.91 Å². The van der Waals surface area contributed by atoms with Crippen molar-refractivity contribution in [1.29, 1.82) is 0 Å². The summed E-state index contributed by atoms with van der Waals surface area (Å²) in [6.45, 7) is 0.558. The molecule has 3 rings (SSSR count). The van der Waals surface area contributed by atoms with E-state index >= 15 is 0 Å². The van der Waals surface area contributed by atoms with Crippen LogP contribution in [0.4, 0.5) is 4.79 Å². The van der Waals surface area contributed by atoms with E-state index in [9.17, 15) is 9.59 Å². The van der Waals surface area contributed by atoms with Gasteiger partial charge in [-0.15, -0.1) is 5.10 Å². The Morgan fingerprint density at radius 3 is 2.95 bits per heavy atom. The lowest BCUT2D eigenvalue weighted by atomic mass is 9.72. The van der Waals surface area contributed by atoms with Gasteiger partial charge in [-0.3, -0.25) is 14.4 Å². The zero-order valence-electron chi connectivity index (χ0n) is 12.1. The summed E-state index contributed by atoms with van der Waals surface area (Å²) in [6.07, 6.45) is 5.23. The van der Waals surface area contributed by atoms with E-state index in [4.69, 9.17) is 5.73 Å². The van der Waals surface area contributed by atoms with Crippen molar-refractivity contribution < 1.29 is 9.59 Å². The molecule has 21 heavy (non-hydrogen) atoms. The molecule has 2 unspecified atom stereocenters. The Morgan fingerprint density at radius 1 is 1.48 bits per heavy atom. The number of nitrogens with one attached hydrogen (secondary N) is 1. The molecule has 1 aliphatic carbocycles. The predicted molar refractivity (Wildman–Crippen MR) is 73.8 cm³/mol. The maximum atomic E-state index is 12.8. The number of imide groups is 1. The number of nitrogens with two attached hydrogens (primary N) is 1. The van der Waals surface area contributed by atoms with Crippen molar-refractivity contribution in [2.45, 2.75) is 37.8 Å². The molecule has 1 saturated heterocycles. The minimum Gasteiger partial charge on any atom is -0.330 e. The van der Waals surface area contributed by atoms with E-state index in [1.54, 1.807) is 17.9 Å². The zero-order valence-corrected chi connectivity index (χ0v) is 12.1. The van der Waals surface area contributed by atoms with E-state index in [0.29, 0.717) is 18.7 Å². The van der Waals surface area contributed by atoms with Crippen molar-refractivity contribution in [3.8, 4) is 0 Å². The molecule has 1 aromatic heterocycles. The van der Waals surface area contributed by atoms with Gasteiger partial charge in [0.15, 0.2) is 0 Å². The van der Waals surface area contributed by atoms with Crippen LogP contribution in [0.2, 0.25) is 0 Å². The molecule has 3 amide bonds. The van der Waals surface area contributed by atoms with Crippen LogP contribution in [-0.2, 0) is 18.4 Å². The van der Waals surface area contributed by atoms with Crippen LogP contribution in [0.3, 0.4) is 0 Å². The smallest absolute Gasteiger partial charge is 0.325 e. The topological polar surface area (TPSA) is 106 Å². The summed E-state index contributed by atoms with van der Waals surface area (Å²) < 4.78 is 1.55. The van der Waals surface area contributed by atoms with Crippen LogP contribution in [0.15, 0.2) is 6.20 Å². The lowest BCUT2D eigenvalue weighted by Crippen LogP contribution is -2.56. The average Bonchev–Trinajstić information content (AvgIpc) is 2.98. The van der Waals surface area contributed by atoms with Crippen molar-refractivity contribution >= 4 is 11.9 Å². The van der Waals surface area contributed by atoms with Gasteiger partial charge >= 0.3 is 6.03 Å². The van der Waals surface area contributed by atoms with E-state index in [2.05, 4.69) is 15.6 Å². The highest BCUT2D eigenvalue weighted by Gasteiger charge is 2.55. The van der Waals surface area contributed by atoms with Gasteiger partial charge < -0.3 is 11.1 Å². The van der Waals surface area contributed by atoms with Crippen LogP contribution in [0.25, 0.3) is 0 Å². The van der Waals surface area contributed by atoms with Gasteiger partial charge in [0.1, 0.15) is 11.2 Å². The molecule has 2 fully saturated rings. The molecule has 1 aromatic rings. The Bertz CT molecular complexity index is 571. The number of rotatable bonds is 3. The lowest BCUT2D eigenvalue weighted by Gasteiger charge is -2.38. The molecular formula is C13H20N6O2. The average molecular weight is 292 g/mol. The molecule has 114 valence electrons. The molecule has 0 radical (unpaired) electrons. The molecule has 2 aliphatic rings. The van der Waals surface area contributed by atoms with Crippen molar-refractivity contribution in [2.24, 2.45) is 18.7 Å². The maximum Gasteiger partial charge on any atom is 0.325 e. The Balaban J connectivity index is 1.84. The highest BCUT2D eigenvalue weighted by molar-refractivity contribution is 6.07. The van der Waals surface area contributed by atoms with Crippen LogP contribution < -0.4 is 11.1 Å². The van der Waals surface area contributed by atoms with Gasteiger partial charge in [-0.1, -0.05) is 18.1 Å². The molecule has 0 bridgehead atoms. The second-order valence-electron chi connectivity index (χ2n) is 5.85. The molecule has 1 aliphatic heterocycles. The third-order valence-corrected chi connectivity index (χ3v) is 4.53. The number of carbonyl (C=O) groups is 2. The van der Waals surface area contributed by atoms with Gasteiger partial charge in [0.2, 0.25) is 0 Å². The normalized spacial score (nSPS) is 29.2. The molecule has 0 aromatic carbocycles. The van der Waals surface area contributed by atoms with Crippen LogP contribution in [0, 0.1) is 5.92 Å². The number of nitrogens with zero attached hydrogens (tertiary/aromatic N) is 4. The number of aryl methyl sites for hydroxylation is 1.